The van der Waals surface area contributed by atoms with Crippen LogP contribution in [0.25, 0.3) is 0 Å². The highest BCUT2D eigenvalue weighted by atomic mass is 16.5. The molecule has 0 fully saturated rings. The van der Waals surface area contributed by atoms with Gasteiger partial charge in [0.05, 0.1) is 12.7 Å². The van der Waals surface area contributed by atoms with Crippen molar-refractivity contribution in [3.05, 3.63) is 119 Å². The minimum atomic E-state index is -0.563. The maximum atomic E-state index is 12.1. The highest BCUT2D eigenvalue weighted by molar-refractivity contribution is 6.10. The van der Waals surface area contributed by atoms with Crippen LogP contribution in [0.15, 0.2) is 97.1 Å². The van der Waals surface area contributed by atoms with Crippen molar-refractivity contribution >= 4 is 11.8 Å². The number of phenols is 2. The van der Waals surface area contributed by atoms with Crippen molar-refractivity contribution in [2.75, 3.05) is 7.11 Å². The van der Waals surface area contributed by atoms with Crippen molar-refractivity contribution in [3.63, 3.8) is 0 Å². The number of methoxy groups -OCH3 is 1. The van der Waals surface area contributed by atoms with Crippen LogP contribution < -0.4 is 9.47 Å². The van der Waals surface area contributed by atoms with Crippen LogP contribution in [0, 0.1) is 0 Å². The fraction of sp³-hybridized carbons (Fsp3) is 0.161. The molecule has 37 heavy (non-hydrogen) atoms. The van der Waals surface area contributed by atoms with E-state index in [-0.39, 0.29) is 33.8 Å². The lowest BCUT2D eigenvalue weighted by atomic mass is 9.87. The Morgan fingerprint density at radius 2 is 1.27 bits per heavy atom. The Labute approximate surface area is 216 Å². The van der Waals surface area contributed by atoms with Gasteiger partial charge in [0, 0.05) is 11.6 Å². The van der Waals surface area contributed by atoms with Crippen molar-refractivity contribution in [1.29, 1.82) is 0 Å². The molecule has 0 aliphatic rings. The molecule has 190 valence electrons. The molecule has 0 bridgehead atoms. The van der Waals surface area contributed by atoms with Crippen LogP contribution in [0.4, 0.5) is 0 Å². The Morgan fingerprint density at radius 1 is 0.676 bits per heavy atom. The number of aromatic hydroxyl groups is 2. The number of hydrogen-bond donors (Lipinski definition) is 2. The van der Waals surface area contributed by atoms with Crippen LogP contribution in [0.2, 0.25) is 0 Å². The minimum Gasteiger partial charge on any atom is -0.507 e. The number of benzene rings is 4. The molecule has 0 amide bonds. The summed E-state index contributed by atoms with van der Waals surface area (Å²) in [5.74, 6) is 0.0674. The molecule has 0 aliphatic carbocycles. The largest absolute Gasteiger partial charge is 0.507 e. The molecule has 6 nitrogen and oxygen atoms in total. The summed E-state index contributed by atoms with van der Waals surface area (Å²) in [5, 5.41) is 19.4. The van der Waals surface area contributed by atoms with Gasteiger partial charge in [-0.1, -0.05) is 75.4 Å². The van der Waals surface area contributed by atoms with E-state index in [0.717, 1.165) is 0 Å². The lowest BCUT2D eigenvalue weighted by Gasteiger charge is -2.19. The van der Waals surface area contributed by atoms with E-state index in [0.29, 0.717) is 17.1 Å². The molecule has 0 unspecified atom stereocenters. The van der Waals surface area contributed by atoms with Crippen LogP contribution >= 0.6 is 0 Å². The van der Waals surface area contributed by atoms with E-state index < -0.39 is 5.97 Å². The number of esters is 1. The third kappa shape index (κ3) is 7.21. The Bertz CT molecular complexity index is 1350. The van der Waals surface area contributed by atoms with Crippen LogP contribution in [-0.2, 0) is 5.41 Å². The zero-order valence-corrected chi connectivity index (χ0v) is 21.3. The fourth-order valence-corrected chi connectivity index (χ4v) is 3.41. The van der Waals surface area contributed by atoms with Crippen molar-refractivity contribution < 1.29 is 29.3 Å². The smallest absolute Gasteiger partial charge is 0.347 e. The number of hydrogen-bond acceptors (Lipinski definition) is 6. The lowest BCUT2D eigenvalue weighted by Crippen LogP contribution is -2.11. The molecule has 0 saturated heterocycles. The molecule has 0 aliphatic heterocycles. The summed E-state index contributed by atoms with van der Waals surface area (Å²) in [5.41, 5.74) is 2.21. The van der Waals surface area contributed by atoms with Crippen LogP contribution in [-0.4, -0.2) is 29.1 Å². The lowest BCUT2D eigenvalue weighted by molar-refractivity contribution is 0.0731. The summed E-state index contributed by atoms with van der Waals surface area (Å²) >= 11 is 0. The van der Waals surface area contributed by atoms with E-state index >= 15 is 0 Å². The minimum absolute atomic E-state index is 0.0558. The fourth-order valence-electron chi connectivity index (χ4n) is 3.41. The zero-order valence-electron chi connectivity index (χ0n) is 21.3. The van der Waals surface area contributed by atoms with Crippen molar-refractivity contribution in [2.24, 2.45) is 0 Å². The topological polar surface area (TPSA) is 93.1 Å². The Kier molecular flexibility index (Phi) is 8.69. The number of ether oxygens (including phenoxy) is 2. The van der Waals surface area contributed by atoms with Gasteiger partial charge in [-0.2, -0.15) is 0 Å². The second-order valence-corrected chi connectivity index (χ2v) is 9.26. The number of carbonyl (C=O) groups excluding carboxylic acids is 2. The van der Waals surface area contributed by atoms with E-state index in [9.17, 15) is 19.8 Å². The van der Waals surface area contributed by atoms with Gasteiger partial charge in [-0.25, -0.2) is 4.79 Å². The molecule has 0 radical (unpaired) electrons. The second kappa shape index (κ2) is 11.9. The normalized spacial score (nSPS) is 10.6. The summed E-state index contributed by atoms with van der Waals surface area (Å²) in [6.07, 6.45) is 0. The van der Waals surface area contributed by atoms with Crippen LogP contribution in [0.5, 0.6) is 23.0 Å². The van der Waals surface area contributed by atoms with Gasteiger partial charge in [-0.3, -0.25) is 4.79 Å². The average Bonchev–Trinajstić information content (AvgIpc) is 2.89. The SMILES string of the molecule is CC(C)(C)c1ccc(OC(=O)c2ccccc2O)cc1.COc1ccc(C(=O)c2ccccc2)c(O)c1. The molecule has 0 saturated carbocycles. The summed E-state index contributed by atoms with van der Waals surface area (Å²) in [6.45, 7) is 6.36. The number of phenolic OH excluding ortho intramolecular Hbond substituents is 2. The van der Waals surface area contributed by atoms with Gasteiger partial charge in [-0.05, 0) is 47.4 Å². The molecule has 4 rings (SSSR count). The van der Waals surface area contributed by atoms with E-state index in [4.69, 9.17) is 9.47 Å². The first-order chi connectivity index (χ1) is 17.6. The number of ketones is 1. The predicted octanol–water partition coefficient (Wildman–Crippen LogP) is 6.54. The van der Waals surface area contributed by atoms with Crippen LogP contribution in [0.1, 0.15) is 52.6 Å². The monoisotopic (exact) mass is 498 g/mol. The summed E-state index contributed by atoms with van der Waals surface area (Å²) in [7, 11) is 1.51. The molecule has 4 aromatic rings. The third-order valence-electron chi connectivity index (χ3n) is 5.54. The average molecular weight is 499 g/mol. The first-order valence-corrected chi connectivity index (χ1v) is 11.7. The van der Waals surface area contributed by atoms with Crippen molar-refractivity contribution in [2.45, 2.75) is 26.2 Å². The molecule has 0 spiro atoms. The maximum absolute atomic E-state index is 12.1. The predicted molar refractivity (Wildman–Crippen MR) is 143 cm³/mol. The number of carbonyl (C=O) groups is 2. The molecule has 0 aromatic heterocycles. The first kappa shape index (κ1) is 27.0. The van der Waals surface area contributed by atoms with Crippen molar-refractivity contribution in [1.82, 2.24) is 0 Å². The Morgan fingerprint density at radius 3 is 1.84 bits per heavy atom. The molecular formula is C31H30O6. The molecule has 0 atom stereocenters. The van der Waals surface area contributed by atoms with Gasteiger partial charge in [0.25, 0.3) is 0 Å². The second-order valence-electron chi connectivity index (χ2n) is 9.26. The number of para-hydroxylation sites is 1. The van der Waals surface area contributed by atoms with Gasteiger partial charge in [0.15, 0.2) is 5.78 Å². The molecular weight excluding hydrogens is 468 g/mol. The third-order valence-corrected chi connectivity index (χ3v) is 5.54. The summed E-state index contributed by atoms with van der Waals surface area (Å²) < 4.78 is 10.2. The van der Waals surface area contributed by atoms with Gasteiger partial charge < -0.3 is 19.7 Å². The zero-order chi connectivity index (χ0) is 27.0. The summed E-state index contributed by atoms with van der Waals surface area (Å²) in [6, 6.07) is 27.2. The highest BCUT2D eigenvalue weighted by Gasteiger charge is 2.16. The quantitative estimate of drug-likeness (QED) is 0.184. The molecule has 0 heterocycles. The van der Waals surface area contributed by atoms with E-state index in [1.807, 2.05) is 18.2 Å². The standard InChI is InChI=1S/C17H18O3.C14H12O3/c1-17(2,3)12-8-10-13(11-9-12)20-16(19)14-6-4-5-7-15(14)18;1-17-11-7-8-12(13(15)9-11)14(16)10-5-3-2-4-6-10/h4-11,18H,1-3H3;2-9,15H,1H3. The maximum Gasteiger partial charge on any atom is 0.347 e. The van der Waals surface area contributed by atoms with Crippen molar-refractivity contribution in [3.8, 4) is 23.0 Å². The molecule has 6 heteroatoms. The Balaban J connectivity index is 0.000000208. The number of rotatable bonds is 5. The van der Waals surface area contributed by atoms with Gasteiger partial charge in [0.2, 0.25) is 0 Å². The molecule has 4 aromatic carbocycles. The highest BCUT2D eigenvalue weighted by Crippen LogP contribution is 2.26. The van der Waals surface area contributed by atoms with Gasteiger partial charge >= 0.3 is 5.97 Å². The summed E-state index contributed by atoms with van der Waals surface area (Å²) in [4.78, 5) is 24.0. The van der Waals surface area contributed by atoms with E-state index in [1.54, 1.807) is 60.7 Å². The van der Waals surface area contributed by atoms with Crippen LogP contribution in [0.3, 0.4) is 0 Å². The Hall–Kier alpha value is -4.58. The van der Waals surface area contributed by atoms with E-state index in [2.05, 4.69) is 20.8 Å². The van der Waals surface area contributed by atoms with E-state index in [1.165, 1.54) is 30.9 Å². The van der Waals surface area contributed by atoms with Gasteiger partial charge in [0.1, 0.15) is 28.6 Å². The molecule has 2 N–H and O–H groups in total. The first-order valence-electron chi connectivity index (χ1n) is 11.7. The van der Waals surface area contributed by atoms with Gasteiger partial charge in [-0.15, -0.1) is 0 Å².